The van der Waals surface area contributed by atoms with Gasteiger partial charge in [-0.05, 0) is 54.8 Å². The van der Waals surface area contributed by atoms with Gasteiger partial charge in [0.15, 0.2) is 5.82 Å². The predicted octanol–water partition coefficient (Wildman–Crippen LogP) is 4.97. The second kappa shape index (κ2) is 7.18. The van der Waals surface area contributed by atoms with Crippen molar-refractivity contribution in [2.24, 2.45) is 0 Å². The summed E-state index contributed by atoms with van der Waals surface area (Å²) in [6.45, 7) is 7.24. The van der Waals surface area contributed by atoms with Crippen molar-refractivity contribution < 1.29 is 0 Å². The van der Waals surface area contributed by atoms with Crippen LogP contribution in [0, 0.1) is 13.8 Å². The van der Waals surface area contributed by atoms with Gasteiger partial charge in [0, 0.05) is 48.4 Å². The monoisotopic (exact) mass is 363 g/mol. The Labute approximate surface area is 159 Å². The third kappa shape index (κ3) is 3.64. The average molecular weight is 364 g/mol. The molecule has 0 atom stereocenters. The molecule has 0 amide bonds. The SMILES string of the molecule is Cc1ccc(CN2CCc3nc(-c4ccc(Cl)cc4)ncc3C2)cc1C. The maximum absolute atomic E-state index is 5.97. The normalized spacial score (nSPS) is 14.3. The highest BCUT2D eigenvalue weighted by Gasteiger charge is 2.19. The molecule has 0 saturated heterocycles. The fourth-order valence-electron chi connectivity index (χ4n) is 3.41. The second-order valence-electron chi connectivity index (χ2n) is 7.05. The minimum atomic E-state index is 0.730. The van der Waals surface area contributed by atoms with Crippen LogP contribution in [0.2, 0.25) is 5.02 Å². The smallest absolute Gasteiger partial charge is 0.159 e. The van der Waals surface area contributed by atoms with Gasteiger partial charge in [0.05, 0.1) is 5.69 Å². The van der Waals surface area contributed by atoms with E-state index in [-0.39, 0.29) is 0 Å². The summed E-state index contributed by atoms with van der Waals surface area (Å²) in [5.74, 6) is 0.781. The largest absolute Gasteiger partial charge is 0.294 e. The van der Waals surface area contributed by atoms with Crippen LogP contribution in [0.15, 0.2) is 48.7 Å². The topological polar surface area (TPSA) is 29.0 Å². The number of hydrogen-bond donors (Lipinski definition) is 0. The van der Waals surface area contributed by atoms with E-state index in [0.717, 1.165) is 42.5 Å². The third-order valence-electron chi connectivity index (χ3n) is 5.09. The van der Waals surface area contributed by atoms with Gasteiger partial charge in [0.25, 0.3) is 0 Å². The molecule has 4 rings (SSSR count). The Hall–Kier alpha value is -2.23. The number of aryl methyl sites for hydroxylation is 2. The zero-order valence-electron chi connectivity index (χ0n) is 15.2. The van der Waals surface area contributed by atoms with Crippen LogP contribution in [0.25, 0.3) is 11.4 Å². The van der Waals surface area contributed by atoms with E-state index < -0.39 is 0 Å². The minimum Gasteiger partial charge on any atom is -0.294 e. The molecule has 26 heavy (non-hydrogen) atoms. The van der Waals surface area contributed by atoms with E-state index in [4.69, 9.17) is 16.6 Å². The van der Waals surface area contributed by atoms with E-state index in [9.17, 15) is 0 Å². The Balaban J connectivity index is 1.50. The Morgan fingerprint density at radius 1 is 1.04 bits per heavy atom. The zero-order chi connectivity index (χ0) is 18.1. The standard InChI is InChI=1S/C22H22ClN3/c1-15-3-4-17(11-16(15)2)13-26-10-9-21-19(14-26)12-24-22(25-21)18-5-7-20(23)8-6-18/h3-8,11-12H,9-10,13-14H2,1-2H3. The van der Waals surface area contributed by atoms with Gasteiger partial charge in [-0.1, -0.05) is 29.8 Å². The molecule has 132 valence electrons. The molecule has 0 N–H and O–H groups in total. The number of hydrogen-bond acceptors (Lipinski definition) is 3. The molecule has 1 aliphatic rings. The van der Waals surface area contributed by atoms with Gasteiger partial charge >= 0.3 is 0 Å². The second-order valence-corrected chi connectivity index (χ2v) is 7.49. The molecule has 0 spiro atoms. The van der Waals surface area contributed by atoms with Gasteiger partial charge in [-0.25, -0.2) is 9.97 Å². The van der Waals surface area contributed by atoms with Crippen LogP contribution in [-0.2, 0) is 19.5 Å². The first-order valence-corrected chi connectivity index (χ1v) is 9.35. The van der Waals surface area contributed by atoms with Crippen LogP contribution in [0.1, 0.15) is 27.9 Å². The van der Waals surface area contributed by atoms with Crippen LogP contribution in [-0.4, -0.2) is 21.4 Å². The Morgan fingerprint density at radius 3 is 2.62 bits per heavy atom. The first-order chi connectivity index (χ1) is 12.6. The van der Waals surface area contributed by atoms with Gasteiger partial charge in [-0.15, -0.1) is 0 Å². The molecule has 0 saturated carbocycles. The summed E-state index contributed by atoms with van der Waals surface area (Å²) in [5.41, 5.74) is 7.49. The molecular weight excluding hydrogens is 342 g/mol. The lowest BCUT2D eigenvalue weighted by Gasteiger charge is -2.28. The molecular formula is C22H22ClN3. The van der Waals surface area contributed by atoms with Crippen LogP contribution in [0.5, 0.6) is 0 Å². The van der Waals surface area contributed by atoms with Crippen molar-refractivity contribution in [3.05, 3.63) is 81.6 Å². The Bertz CT molecular complexity index is 935. The molecule has 0 aliphatic carbocycles. The van der Waals surface area contributed by atoms with Gasteiger partial charge in [0.2, 0.25) is 0 Å². The van der Waals surface area contributed by atoms with Crippen LogP contribution in [0.3, 0.4) is 0 Å². The summed E-state index contributed by atoms with van der Waals surface area (Å²) in [7, 11) is 0. The lowest BCUT2D eigenvalue weighted by molar-refractivity contribution is 0.243. The molecule has 4 heteroatoms. The Kier molecular flexibility index (Phi) is 4.75. The number of nitrogens with zero attached hydrogens (tertiary/aromatic N) is 3. The van der Waals surface area contributed by atoms with Crippen LogP contribution < -0.4 is 0 Å². The molecule has 0 fully saturated rings. The van der Waals surface area contributed by atoms with Crippen molar-refractivity contribution in [1.82, 2.24) is 14.9 Å². The molecule has 0 unspecified atom stereocenters. The number of benzene rings is 2. The van der Waals surface area contributed by atoms with E-state index in [2.05, 4.69) is 41.9 Å². The first-order valence-electron chi connectivity index (χ1n) is 8.98. The summed E-state index contributed by atoms with van der Waals surface area (Å²) in [6, 6.07) is 14.4. The molecule has 0 radical (unpaired) electrons. The molecule has 3 aromatic rings. The summed E-state index contributed by atoms with van der Waals surface area (Å²) in [5, 5.41) is 0.730. The molecule has 2 heterocycles. The van der Waals surface area contributed by atoms with Gasteiger partial charge < -0.3 is 0 Å². The number of halogens is 1. The molecule has 0 bridgehead atoms. The fourth-order valence-corrected chi connectivity index (χ4v) is 3.53. The highest BCUT2D eigenvalue weighted by Crippen LogP contribution is 2.23. The van der Waals surface area contributed by atoms with E-state index in [1.54, 1.807) is 0 Å². The average Bonchev–Trinajstić information content (AvgIpc) is 2.65. The summed E-state index contributed by atoms with van der Waals surface area (Å²) in [6.07, 6.45) is 2.95. The summed E-state index contributed by atoms with van der Waals surface area (Å²) in [4.78, 5) is 11.8. The molecule has 1 aliphatic heterocycles. The fraction of sp³-hybridized carbons (Fsp3) is 0.273. The van der Waals surface area contributed by atoms with E-state index in [0.29, 0.717) is 0 Å². The molecule has 2 aromatic carbocycles. The van der Waals surface area contributed by atoms with E-state index in [1.807, 2.05) is 30.5 Å². The van der Waals surface area contributed by atoms with Gasteiger partial charge in [0.1, 0.15) is 0 Å². The zero-order valence-corrected chi connectivity index (χ0v) is 15.9. The molecule has 1 aromatic heterocycles. The molecule has 3 nitrogen and oxygen atoms in total. The maximum Gasteiger partial charge on any atom is 0.159 e. The van der Waals surface area contributed by atoms with Crippen molar-refractivity contribution in [2.45, 2.75) is 33.4 Å². The van der Waals surface area contributed by atoms with Crippen molar-refractivity contribution >= 4 is 11.6 Å². The summed E-state index contributed by atoms with van der Waals surface area (Å²) >= 11 is 5.97. The lowest BCUT2D eigenvalue weighted by atomic mass is 10.0. The number of fused-ring (bicyclic) bond motifs is 1. The van der Waals surface area contributed by atoms with Crippen LogP contribution in [0.4, 0.5) is 0 Å². The lowest BCUT2D eigenvalue weighted by Crippen LogP contribution is -2.31. The van der Waals surface area contributed by atoms with Gasteiger partial charge in [-0.3, -0.25) is 4.90 Å². The third-order valence-corrected chi connectivity index (χ3v) is 5.34. The van der Waals surface area contributed by atoms with Gasteiger partial charge in [-0.2, -0.15) is 0 Å². The van der Waals surface area contributed by atoms with Crippen molar-refractivity contribution in [3.63, 3.8) is 0 Å². The van der Waals surface area contributed by atoms with E-state index in [1.165, 1.54) is 27.9 Å². The quantitative estimate of drug-likeness (QED) is 0.657. The van der Waals surface area contributed by atoms with E-state index >= 15 is 0 Å². The van der Waals surface area contributed by atoms with Crippen molar-refractivity contribution in [3.8, 4) is 11.4 Å². The minimum absolute atomic E-state index is 0.730. The predicted molar refractivity (Wildman–Crippen MR) is 106 cm³/mol. The summed E-state index contributed by atoms with van der Waals surface area (Å²) < 4.78 is 0. The number of aromatic nitrogens is 2. The maximum atomic E-state index is 5.97. The highest BCUT2D eigenvalue weighted by atomic mass is 35.5. The number of rotatable bonds is 3. The van der Waals surface area contributed by atoms with Crippen molar-refractivity contribution in [2.75, 3.05) is 6.54 Å². The van der Waals surface area contributed by atoms with Crippen LogP contribution >= 0.6 is 11.6 Å². The first kappa shape index (κ1) is 17.2. The van der Waals surface area contributed by atoms with Crippen molar-refractivity contribution in [1.29, 1.82) is 0 Å². The Morgan fingerprint density at radius 2 is 1.85 bits per heavy atom. The highest BCUT2D eigenvalue weighted by molar-refractivity contribution is 6.30.